The van der Waals surface area contributed by atoms with E-state index in [1.807, 2.05) is 20.8 Å². The third kappa shape index (κ3) is 6.23. The van der Waals surface area contributed by atoms with Crippen molar-refractivity contribution in [2.24, 2.45) is 5.41 Å². The molecular weight excluding hydrogens is 148 g/mol. The lowest BCUT2D eigenvalue weighted by Crippen LogP contribution is -2.38. The average molecular weight is 165 g/mol. The fourth-order valence-electron chi connectivity index (χ4n) is 0.556. The first-order chi connectivity index (χ1) is 4.83. The highest BCUT2D eigenvalue weighted by Crippen LogP contribution is 2.11. The average Bonchev–Trinajstić information content (AvgIpc) is 1.80. The molecule has 0 aliphatic rings. The Balaban J connectivity index is 3.54. The zero-order valence-electron chi connectivity index (χ0n) is 7.62. The molecular formula is C8H17F2N. The Kier molecular flexibility index (Phi) is 3.93. The van der Waals surface area contributed by atoms with Crippen LogP contribution in [0.2, 0.25) is 0 Å². The fourth-order valence-corrected chi connectivity index (χ4v) is 0.556. The Morgan fingerprint density at radius 3 is 2.00 bits per heavy atom. The summed E-state index contributed by atoms with van der Waals surface area (Å²) < 4.78 is 23.9. The Bertz CT molecular complexity index is 107. The van der Waals surface area contributed by atoms with Crippen molar-refractivity contribution in [1.82, 2.24) is 5.32 Å². The van der Waals surface area contributed by atoms with E-state index in [1.165, 1.54) is 6.92 Å². The van der Waals surface area contributed by atoms with Gasteiger partial charge in [-0.25, -0.2) is 8.78 Å². The molecule has 0 aromatic carbocycles. The summed E-state index contributed by atoms with van der Waals surface area (Å²) in [4.78, 5) is 0. The molecule has 0 saturated carbocycles. The lowest BCUT2D eigenvalue weighted by Gasteiger charge is -2.22. The van der Waals surface area contributed by atoms with E-state index in [9.17, 15) is 8.78 Å². The van der Waals surface area contributed by atoms with Crippen LogP contribution in [0.4, 0.5) is 8.78 Å². The molecule has 3 heteroatoms. The SMILES string of the molecule is CC(NCC(C)(C)C)C(F)F. The van der Waals surface area contributed by atoms with E-state index in [4.69, 9.17) is 0 Å². The van der Waals surface area contributed by atoms with E-state index in [0.29, 0.717) is 6.54 Å². The molecule has 68 valence electrons. The molecule has 0 spiro atoms. The number of halogens is 2. The summed E-state index contributed by atoms with van der Waals surface area (Å²) in [6.45, 7) is 8.16. The van der Waals surface area contributed by atoms with Gasteiger partial charge in [0.25, 0.3) is 6.43 Å². The van der Waals surface area contributed by atoms with Crippen molar-refractivity contribution in [2.45, 2.75) is 40.2 Å². The maximum absolute atomic E-state index is 11.9. The van der Waals surface area contributed by atoms with Crippen LogP contribution in [0.15, 0.2) is 0 Å². The van der Waals surface area contributed by atoms with Gasteiger partial charge in [-0.05, 0) is 12.3 Å². The quantitative estimate of drug-likeness (QED) is 0.676. The van der Waals surface area contributed by atoms with Gasteiger partial charge >= 0.3 is 0 Å². The Morgan fingerprint density at radius 1 is 1.27 bits per heavy atom. The largest absolute Gasteiger partial charge is 0.309 e. The molecule has 0 aliphatic heterocycles. The van der Waals surface area contributed by atoms with E-state index in [-0.39, 0.29) is 5.41 Å². The fraction of sp³-hybridized carbons (Fsp3) is 1.00. The molecule has 0 rings (SSSR count). The number of hydrogen-bond donors (Lipinski definition) is 1. The van der Waals surface area contributed by atoms with Crippen LogP contribution in [0.1, 0.15) is 27.7 Å². The second-order valence-electron chi connectivity index (χ2n) is 4.06. The van der Waals surface area contributed by atoms with E-state index < -0.39 is 12.5 Å². The van der Waals surface area contributed by atoms with Crippen LogP contribution in [0.5, 0.6) is 0 Å². The first-order valence-electron chi connectivity index (χ1n) is 3.84. The predicted molar refractivity (Wildman–Crippen MR) is 42.9 cm³/mol. The summed E-state index contributed by atoms with van der Waals surface area (Å²) in [5, 5.41) is 2.77. The van der Waals surface area contributed by atoms with Crippen LogP contribution in [-0.2, 0) is 0 Å². The maximum Gasteiger partial charge on any atom is 0.253 e. The monoisotopic (exact) mass is 165 g/mol. The van der Waals surface area contributed by atoms with Crippen molar-refractivity contribution in [2.75, 3.05) is 6.54 Å². The van der Waals surface area contributed by atoms with E-state index >= 15 is 0 Å². The van der Waals surface area contributed by atoms with Crippen molar-refractivity contribution in [3.63, 3.8) is 0 Å². The summed E-state index contributed by atoms with van der Waals surface area (Å²) in [6, 6.07) is -0.700. The highest BCUT2D eigenvalue weighted by molar-refractivity contribution is 4.69. The molecule has 1 atom stereocenters. The van der Waals surface area contributed by atoms with Gasteiger partial charge < -0.3 is 5.32 Å². The van der Waals surface area contributed by atoms with Gasteiger partial charge in [0.15, 0.2) is 0 Å². The van der Waals surface area contributed by atoms with Crippen molar-refractivity contribution in [1.29, 1.82) is 0 Å². The van der Waals surface area contributed by atoms with Crippen molar-refractivity contribution >= 4 is 0 Å². The van der Waals surface area contributed by atoms with Crippen molar-refractivity contribution < 1.29 is 8.78 Å². The minimum Gasteiger partial charge on any atom is -0.309 e. The van der Waals surface area contributed by atoms with Crippen LogP contribution in [-0.4, -0.2) is 19.0 Å². The van der Waals surface area contributed by atoms with Crippen LogP contribution in [0.25, 0.3) is 0 Å². The van der Waals surface area contributed by atoms with Gasteiger partial charge in [0, 0.05) is 6.54 Å². The highest BCUT2D eigenvalue weighted by Gasteiger charge is 2.17. The molecule has 0 amide bonds. The molecule has 0 heterocycles. The first-order valence-corrected chi connectivity index (χ1v) is 3.84. The molecule has 1 nitrogen and oxygen atoms in total. The topological polar surface area (TPSA) is 12.0 Å². The van der Waals surface area contributed by atoms with Crippen LogP contribution in [0.3, 0.4) is 0 Å². The minimum atomic E-state index is -2.27. The molecule has 0 aromatic heterocycles. The predicted octanol–water partition coefficient (Wildman–Crippen LogP) is 2.28. The normalized spacial score (nSPS) is 15.5. The summed E-state index contributed by atoms with van der Waals surface area (Å²) in [5.41, 5.74) is 0.0726. The number of nitrogens with one attached hydrogen (secondary N) is 1. The number of hydrogen-bond acceptors (Lipinski definition) is 1. The third-order valence-corrected chi connectivity index (χ3v) is 1.33. The zero-order chi connectivity index (χ0) is 9.07. The first kappa shape index (κ1) is 10.8. The molecule has 0 bridgehead atoms. The van der Waals surface area contributed by atoms with Gasteiger partial charge in [0.2, 0.25) is 0 Å². The Morgan fingerprint density at radius 2 is 1.73 bits per heavy atom. The van der Waals surface area contributed by atoms with Crippen LogP contribution < -0.4 is 5.32 Å². The molecule has 0 fully saturated rings. The smallest absolute Gasteiger partial charge is 0.253 e. The molecule has 1 unspecified atom stereocenters. The van der Waals surface area contributed by atoms with Crippen molar-refractivity contribution in [3.8, 4) is 0 Å². The van der Waals surface area contributed by atoms with Gasteiger partial charge in [-0.15, -0.1) is 0 Å². The van der Waals surface area contributed by atoms with Gasteiger partial charge in [0.05, 0.1) is 6.04 Å². The summed E-state index contributed by atoms with van der Waals surface area (Å²) in [7, 11) is 0. The summed E-state index contributed by atoms with van der Waals surface area (Å²) in [6.07, 6.45) is -2.27. The molecule has 0 aromatic rings. The van der Waals surface area contributed by atoms with E-state index in [1.54, 1.807) is 0 Å². The molecule has 1 N–H and O–H groups in total. The Hall–Kier alpha value is -0.180. The molecule has 11 heavy (non-hydrogen) atoms. The maximum atomic E-state index is 11.9. The van der Waals surface area contributed by atoms with Crippen molar-refractivity contribution in [3.05, 3.63) is 0 Å². The molecule has 0 saturated heterocycles. The summed E-state index contributed by atoms with van der Waals surface area (Å²) in [5.74, 6) is 0. The zero-order valence-corrected chi connectivity index (χ0v) is 7.62. The second-order valence-corrected chi connectivity index (χ2v) is 4.06. The third-order valence-electron chi connectivity index (χ3n) is 1.33. The second kappa shape index (κ2) is 4.00. The Labute approximate surface area is 67.2 Å². The standard InChI is InChI=1S/C8H17F2N/c1-6(7(9)10)11-5-8(2,3)4/h6-7,11H,5H2,1-4H3. The van der Waals surface area contributed by atoms with Crippen LogP contribution >= 0.6 is 0 Å². The minimum absolute atomic E-state index is 0.0726. The lowest BCUT2D eigenvalue weighted by atomic mass is 9.97. The van der Waals surface area contributed by atoms with Gasteiger partial charge in [-0.1, -0.05) is 20.8 Å². The lowest BCUT2D eigenvalue weighted by molar-refractivity contribution is 0.101. The number of rotatable bonds is 3. The molecule has 0 radical (unpaired) electrons. The molecule has 0 aliphatic carbocycles. The highest BCUT2D eigenvalue weighted by atomic mass is 19.3. The van der Waals surface area contributed by atoms with Gasteiger partial charge in [-0.3, -0.25) is 0 Å². The van der Waals surface area contributed by atoms with E-state index in [0.717, 1.165) is 0 Å². The van der Waals surface area contributed by atoms with Gasteiger partial charge in [0.1, 0.15) is 0 Å². The summed E-state index contributed by atoms with van der Waals surface area (Å²) >= 11 is 0. The number of alkyl halides is 2. The van der Waals surface area contributed by atoms with E-state index in [2.05, 4.69) is 5.32 Å². The van der Waals surface area contributed by atoms with Crippen LogP contribution in [0, 0.1) is 5.41 Å². The van der Waals surface area contributed by atoms with Gasteiger partial charge in [-0.2, -0.15) is 0 Å².